The molecule has 0 aliphatic carbocycles. The summed E-state index contributed by atoms with van der Waals surface area (Å²) in [6.45, 7) is 0. The minimum absolute atomic E-state index is 0.0604. The van der Waals surface area contributed by atoms with Crippen LogP contribution in [0.3, 0.4) is 0 Å². The SMILES string of the molecule is C[S+]([O-])c1cccc(SC(F)(F)F)c1. The van der Waals surface area contributed by atoms with E-state index in [1.165, 1.54) is 30.5 Å². The van der Waals surface area contributed by atoms with Gasteiger partial charge in [0, 0.05) is 11.0 Å². The van der Waals surface area contributed by atoms with Gasteiger partial charge in [0.2, 0.25) is 0 Å². The quantitative estimate of drug-likeness (QED) is 0.586. The Hall–Kier alpha value is -0.330. The number of hydrogen-bond donors (Lipinski definition) is 0. The highest BCUT2D eigenvalue weighted by molar-refractivity contribution is 8.00. The van der Waals surface area contributed by atoms with Crippen LogP contribution in [0.1, 0.15) is 0 Å². The molecule has 78 valence electrons. The van der Waals surface area contributed by atoms with Crippen molar-refractivity contribution in [1.29, 1.82) is 0 Å². The fraction of sp³-hybridized carbons (Fsp3) is 0.250. The first-order chi connectivity index (χ1) is 6.38. The van der Waals surface area contributed by atoms with Crippen molar-refractivity contribution in [1.82, 2.24) is 0 Å². The van der Waals surface area contributed by atoms with E-state index in [0.29, 0.717) is 4.90 Å². The van der Waals surface area contributed by atoms with Gasteiger partial charge in [-0.25, -0.2) is 0 Å². The zero-order valence-electron chi connectivity index (χ0n) is 7.17. The van der Waals surface area contributed by atoms with Crippen molar-refractivity contribution in [3.05, 3.63) is 24.3 Å². The number of alkyl halides is 3. The van der Waals surface area contributed by atoms with E-state index in [1.54, 1.807) is 0 Å². The molecule has 1 aromatic carbocycles. The monoisotopic (exact) mass is 240 g/mol. The van der Waals surface area contributed by atoms with E-state index >= 15 is 0 Å². The van der Waals surface area contributed by atoms with E-state index in [4.69, 9.17) is 0 Å². The fourth-order valence-corrected chi connectivity index (χ4v) is 2.09. The molecule has 6 heteroatoms. The lowest BCUT2D eigenvalue weighted by atomic mass is 10.4. The number of hydrogen-bond acceptors (Lipinski definition) is 2. The maximum Gasteiger partial charge on any atom is 0.446 e. The molecule has 0 bridgehead atoms. The molecule has 0 saturated heterocycles. The van der Waals surface area contributed by atoms with Gasteiger partial charge in [-0.1, -0.05) is 6.07 Å². The van der Waals surface area contributed by atoms with Crippen LogP contribution in [0.15, 0.2) is 34.1 Å². The van der Waals surface area contributed by atoms with Crippen LogP contribution >= 0.6 is 11.8 Å². The molecule has 0 amide bonds. The molecule has 0 aliphatic rings. The maximum atomic E-state index is 12.0. The second kappa shape index (κ2) is 4.46. The molecular weight excluding hydrogens is 233 g/mol. The lowest BCUT2D eigenvalue weighted by Crippen LogP contribution is -2.01. The Kier molecular flexibility index (Phi) is 3.74. The van der Waals surface area contributed by atoms with Gasteiger partial charge >= 0.3 is 5.51 Å². The van der Waals surface area contributed by atoms with Crippen LogP contribution in [0.25, 0.3) is 0 Å². The van der Waals surface area contributed by atoms with Crippen LogP contribution < -0.4 is 0 Å². The molecule has 0 spiro atoms. The zero-order valence-corrected chi connectivity index (χ0v) is 8.80. The van der Waals surface area contributed by atoms with Gasteiger partial charge in [-0.3, -0.25) is 0 Å². The Morgan fingerprint density at radius 3 is 2.50 bits per heavy atom. The van der Waals surface area contributed by atoms with E-state index in [-0.39, 0.29) is 16.7 Å². The average Bonchev–Trinajstić information content (AvgIpc) is 2.01. The van der Waals surface area contributed by atoms with E-state index in [1.807, 2.05) is 0 Å². The number of halogens is 3. The maximum absolute atomic E-state index is 12.0. The zero-order chi connectivity index (χ0) is 10.8. The molecule has 1 rings (SSSR count). The summed E-state index contributed by atoms with van der Waals surface area (Å²) < 4.78 is 46.9. The summed E-state index contributed by atoms with van der Waals surface area (Å²) in [6, 6.07) is 5.63. The number of thioether (sulfide) groups is 1. The van der Waals surface area contributed by atoms with Gasteiger partial charge in [0.15, 0.2) is 4.90 Å². The minimum atomic E-state index is -4.30. The van der Waals surface area contributed by atoms with Gasteiger partial charge in [0.05, 0.1) is 0 Å². The highest BCUT2D eigenvalue weighted by Gasteiger charge is 2.29. The summed E-state index contributed by atoms with van der Waals surface area (Å²) >= 11 is -1.45. The molecule has 1 nitrogen and oxygen atoms in total. The second-order valence-electron chi connectivity index (χ2n) is 2.48. The summed E-state index contributed by atoms with van der Waals surface area (Å²) in [5.41, 5.74) is -4.30. The number of rotatable bonds is 2. The average molecular weight is 240 g/mol. The highest BCUT2D eigenvalue weighted by Crippen LogP contribution is 2.37. The smallest absolute Gasteiger partial charge is 0.446 e. The second-order valence-corrected chi connectivity index (χ2v) is 4.99. The van der Waals surface area contributed by atoms with Crippen molar-refractivity contribution >= 4 is 22.9 Å². The summed E-state index contributed by atoms with van der Waals surface area (Å²) in [7, 11) is 0. The first-order valence-corrected chi connectivity index (χ1v) is 5.95. The molecule has 0 radical (unpaired) electrons. The van der Waals surface area contributed by atoms with Gasteiger partial charge in [-0.2, -0.15) is 13.2 Å². The lowest BCUT2D eigenvalue weighted by molar-refractivity contribution is -0.0328. The normalized spacial score (nSPS) is 14.1. The topological polar surface area (TPSA) is 23.1 Å². The van der Waals surface area contributed by atoms with Crippen LogP contribution in [-0.4, -0.2) is 16.3 Å². The van der Waals surface area contributed by atoms with Crippen molar-refractivity contribution < 1.29 is 17.7 Å². The van der Waals surface area contributed by atoms with Crippen molar-refractivity contribution in [2.45, 2.75) is 15.3 Å². The lowest BCUT2D eigenvalue weighted by Gasteiger charge is -2.07. The van der Waals surface area contributed by atoms with Crippen LogP contribution in [0.4, 0.5) is 13.2 Å². The van der Waals surface area contributed by atoms with E-state index in [9.17, 15) is 17.7 Å². The molecule has 0 aromatic heterocycles. The summed E-state index contributed by atoms with van der Waals surface area (Å²) in [5.74, 6) is 0. The minimum Gasteiger partial charge on any atom is -0.612 e. The van der Waals surface area contributed by atoms with Crippen molar-refractivity contribution in [3.63, 3.8) is 0 Å². The molecule has 1 aromatic rings. The Labute approximate surface area is 86.9 Å². The van der Waals surface area contributed by atoms with E-state index in [2.05, 4.69) is 0 Å². The Bertz CT molecular complexity index is 312. The summed E-state index contributed by atoms with van der Waals surface area (Å²) in [6.07, 6.45) is 1.43. The molecule has 0 saturated carbocycles. The van der Waals surface area contributed by atoms with E-state index in [0.717, 1.165) is 0 Å². The molecule has 1 unspecified atom stereocenters. The summed E-state index contributed by atoms with van der Waals surface area (Å²) in [5, 5.41) is 0. The van der Waals surface area contributed by atoms with E-state index < -0.39 is 16.7 Å². The molecule has 14 heavy (non-hydrogen) atoms. The standard InChI is InChI=1S/C8H7F3OS2/c1-14(12)7-4-2-3-6(5-7)13-8(9,10)11/h2-5H,1H3. The molecule has 0 N–H and O–H groups in total. The van der Waals surface area contributed by atoms with Gasteiger partial charge in [0.1, 0.15) is 6.26 Å². The van der Waals surface area contributed by atoms with Crippen LogP contribution in [0, 0.1) is 0 Å². The third kappa shape index (κ3) is 3.81. The third-order valence-corrected chi connectivity index (χ3v) is 3.01. The Morgan fingerprint density at radius 1 is 1.36 bits per heavy atom. The van der Waals surface area contributed by atoms with Gasteiger partial charge in [-0.05, 0) is 35.1 Å². The van der Waals surface area contributed by atoms with Crippen LogP contribution in [-0.2, 0) is 11.2 Å². The Balaban J connectivity index is 2.84. The van der Waals surface area contributed by atoms with Crippen LogP contribution in [0.5, 0.6) is 0 Å². The highest BCUT2D eigenvalue weighted by atomic mass is 32.2. The molecule has 1 atom stereocenters. The van der Waals surface area contributed by atoms with Gasteiger partial charge < -0.3 is 4.55 Å². The van der Waals surface area contributed by atoms with Crippen molar-refractivity contribution in [2.75, 3.05) is 6.26 Å². The van der Waals surface area contributed by atoms with Crippen LogP contribution in [0.2, 0.25) is 0 Å². The molecule has 0 fully saturated rings. The predicted octanol–water partition coefficient (Wildman–Crippen LogP) is 3.04. The van der Waals surface area contributed by atoms with Crippen molar-refractivity contribution in [3.8, 4) is 0 Å². The van der Waals surface area contributed by atoms with Crippen molar-refractivity contribution in [2.24, 2.45) is 0 Å². The Morgan fingerprint density at radius 2 is 2.00 bits per heavy atom. The first kappa shape index (κ1) is 11.7. The number of benzene rings is 1. The molecule has 0 aliphatic heterocycles. The third-order valence-electron chi connectivity index (χ3n) is 1.37. The first-order valence-electron chi connectivity index (χ1n) is 3.58. The molecule has 0 heterocycles. The predicted molar refractivity (Wildman–Crippen MR) is 50.7 cm³/mol. The van der Waals surface area contributed by atoms with Gasteiger partial charge in [-0.15, -0.1) is 0 Å². The largest absolute Gasteiger partial charge is 0.612 e. The molecular formula is C8H7F3OS2. The summed E-state index contributed by atoms with van der Waals surface area (Å²) in [4.78, 5) is 0.462. The van der Waals surface area contributed by atoms with Gasteiger partial charge in [0.25, 0.3) is 0 Å². The fourth-order valence-electron chi connectivity index (χ4n) is 0.850.